The van der Waals surface area contributed by atoms with Gasteiger partial charge in [-0.25, -0.2) is 4.98 Å². The van der Waals surface area contributed by atoms with Crippen LogP contribution >= 0.6 is 15.9 Å². The summed E-state index contributed by atoms with van der Waals surface area (Å²) < 4.78 is 6.47. The van der Waals surface area contributed by atoms with Gasteiger partial charge in [-0.15, -0.1) is 0 Å². The van der Waals surface area contributed by atoms with E-state index in [1.807, 2.05) is 6.92 Å². The third-order valence-electron chi connectivity index (χ3n) is 4.19. The van der Waals surface area contributed by atoms with Crippen LogP contribution in [0.2, 0.25) is 0 Å². The molecule has 3 atom stereocenters. The van der Waals surface area contributed by atoms with Crippen molar-refractivity contribution < 1.29 is 4.74 Å². The highest BCUT2D eigenvalue weighted by molar-refractivity contribution is 9.10. The number of rotatable bonds is 2. The lowest BCUT2D eigenvalue weighted by atomic mass is 10.1. The van der Waals surface area contributed by atoms with Crippen LogP contribution in [0.3, 0.4) is 0 Å². The molecule has 4 nitrogen and oxygen atoms in total. The Kier molecular flexibility index (Phi) is 3.53. The highest BCUT2D eigenvalue weighted by Crippen LogP contribution is 2.37. The number of piperazine rings is 1. The Balaban J connectivity index is 2.03. The van der Waals surface area contributed by atoms with Gasteiger partial charge in [0, 0.05) is 36.8 Å². The Morgan fingerprint density at radius 1 is 1.53 bits per heavy atom. The van der Waals surface area contributed by atoms with Gasteiger partial charge in [-0.1, -0.05) is 0 Å². The van der Waals surface area contributed by atoms with E-state index in [1.165, 1.54) is 5.56 Å². The van der Waals surface area contributed by atoms with Gasteiger partial charge in [0.15, 0.2) is 0 Å². The van der Waals surface area contributed by atoms with Crippen LogP contribution in [0.15, 0.2) is 10.5 Å². The third-order valence-corrected chi connectivity index (χ3v) is 4.82. The van der Waals surface area contributed by atoms with Gasteiger partial charge in [0.1, 0.15) is 5.82 Å². The number of methoxy groups -OCH3 is 1. The zero-order chi connectivity index (χ0) is 13.6. The first-order valence-corrected chi connectivity index (χ1v) is 7.62. The molecular formula is C14H20BrN3O. The van der Waals surface area contributed by atoms with Crippen LogP contribution in [0.5, 0.6) is 0 Å². The zero-order valence-corrected chi connectivity index (χ0v) is 13.2. The second-order valence-electron chi connectivity index (χ2n) is 5.49. The van der Waals surface area contributed by atoms with E-state index in [4.69, 9.17) is 9.72 Å². The maximum Gasteiger partial charge on any atom is 0.132 e. The maximum atomic E-state index is 5.42. The van der Waals surface area contributed by atoms with Crippen LogP contribution in [-0.4, -0.2) is 37.3 Å². The first-order chi connectivity index (χ1) is 9.11. The number of hydrogen-bond donors (Lipinski definition) is 1. The minimum atomic E-state index is 0.0111. The van der Waals surface area contributed by atoms with E-state index in [2.05, 4.69) is 39.1 Å². The number of halogens is 1. The van der Waals surface area contributed by atoms with Crippen molar-refractivity contribution in [3.63, 3.8) is 0 Å². The minimum absolute atomic E-state index is 0.0111. The summed E-state index contributed by atoms with van der Waals surface area (Å²) in [6.45, 7) is 6.38. The molecule has 1 fully saturated rings. The molecule has 0 spiro atoms. The van der Waals surface area contributed by atoms with Crippen molar-refractivity contribution in [3.8, 4) is 0 Å². The molecule has 2 aliphatic heterocycles. The highest BCUT2D eigenvalue weighted by atomic mass is 79.9. The SMILES string of the molecule is COC(C)c1nc2c(cc1Br)C[C@@H]1CNC[C@@H](C)N21. The summed E-state index contributed by atoms with van der Waals surface area (Å²) in [5.74, 6) is 1.15. The number of ether oxygens (including phenoxy) is 1. The van der Waals surface area contributed by atoms with Crippen molar-refractivity contribution in [3.05, 3.63) is 21.8 Å². The number of nitrogens with one attached hydrogen (secondary N) is 1. The van der Waals surface area contributed by atoms with Gasteiger partial charge in [0.05, 0.1) is 11.8 Å². The molecule has 1 aromatic rings. The van der Waals surface area contributed by atoms with Gasteiger partial charge in [-0.05, 0) is 47.8 Å². The van der Waals surface area contributed by atoms with Crippen LogP contribution in [0, 0.1) is 0 Å². The van der Waals surface area contributed by atoms with Gasteiger partial charge < -0.3 is 15.0 Å². The van der Waals surface area contributed by atoms with E-state index >= 15 is 0 Å². The minimum Gasteiger partial charge on any atom is -0.375 e. The summed E-state index contributed by atoms with van der Waals surface area (Å²) >= 11 is 3.63. The number of pyridine rings is 1. The van der Waals surface area contributed by atoms with Gasteiger partial charge in [0.25, 0.3) is 0 Å². The maximum absolute atomic E-state index is 5.42. The number of aromatic nitrogens is 1. The standard InChI is InChI=1S/C14H20BrN3O/c1-8-6-16-7-11-4-10-5-12(15)13(9(2)19-3)17-14(10)18(8)11/h5,8-9,11,16H,4,6-7H2,1-3H3/t8-,9?,11-/m1/s1. The summed E-state index contributed by atoms with van der Waals surface area (Å²) in [5, 5.41) is 3.50. The molecule has 19 heavy (non-hydrogen) atoms. The van der Waals surface area contributed by atoms with E-state index in [0.29, 0.717) is 12.1 Å². The molecule has 3 rings (SSSR count). The first kappa shape index (κ1) is 13.3. The lowest BCUT2D eigenvalue weighted by molar-refractivity contribution is 0.115. The fraction of sp³-hybridized carbons (Fsp3) is 0.643. The second-order valence-corrected chi connectivity index (χ2v) is 6.34. The Morgan fingerprint density at radius 3 is 3.05 bits per heavy atom. The highest BCUT2D eigenvalue weighted by Gasteiger charge is 2.37. The van der Waals surface area contributed by atoms with Crippen molar-refractivity contribution in [1.82, 2.24) is 10.3 Å². The van der Waals surface area contributed by atoms with E-state index in [9.17, 15) is 0 Å². The van der Waals surface area contributed by atoms with Crippen LogP contribution in [-0.2, 0) is 11.2 Å². The molecule has 0 amide bonds. The molecule has 3 heterocycles. The smallest absolute Gasteiger partial charge is 0.132 e. The zero-order valence-electron chi connectivity index (χ0n) is 11.6. The Labute approximate surface area is 122 Å². The van der Waals surface area contributed by atoms with E-state index < -0.39 is 0 Å². The normalized spacial score (nSPS) is 27.1. The van der Waals surface area contributed by atoms with Crippen LogP contribution in [0.25, 0.3) is 0 Å². The molecule has 104 valence electrons. The quantitative estimate of drug-likeness (QED) is 0.905. The predicted molar refractivity (Wildman–Crippen MR) is 79.7 cm³/mol. The molecule has 0 bridgehead atoms. The molecule has 2 aliphatic rings. The number of fused-ring (bicyclic) bond motifs is 3. The van der Waals surface area contributed by atoms with E-state index in [-0.39, 0.29) is 6.10 Å². The average molecular weight is 326 g/mol. The average Bonchev–Trinajstić information content (AvgIpc) is 2.75. The monoisotopic (exact) mass is 325 g/mol. The first-order valence-electron chi connectivity index (χ1n) is 6.83. The topological polar surface area (TPSA) is 37.4 Å². The van der Waals surface area contributed by atoms with Gasteiger partial charge in [0.2, 0.25) is 0 Å². The lowest BCUT2D eigenvalue weighted by Gasteiger charge is -2.37. The van der Waals surface area contributed by atoms with Crippen molar-refractivity contribution in [1.29, 1.82) is 0 Å². The Bertz CT molecular complexity index is 494. The van der Waals surface area contributed by atoms with Gasteiger partial charge >= 0.3 is 0 Å². The van der Waals surface area contributed by atoms with Crippen LogP contribution in [0.1, 0.15) is 31.2 Å². The summed E-state index contributed by atoms with van der Waals surface area (Å²) in [6, 6.07) is 3.27. The van der Waals surface area contributed by atoms with Crippen molar-refractivity contribution in [2.45, 2.75) is 38.5 Å². The number of hydrogen-bond acceptors (Lipinski definition) is 4. The molecule has 0 aliphatic carbocycles. The molecule has 1 saturated heterocycles. The van der Waals surface area contributed by atoms with Crippen molar-refractivity contribution in [2.24, 2.45) is 0 Å². The predicted octanol–water partition coefficient (Wildman–Crippen LogP) is 2.27. The molecular weight excluding hydrogens is 306 g/mol. The summed E-state index contributed by atoms with van der Waals surface area (Å²) in [4.78, 5) is 7.36. The molecule has 1 N–H and O–H groups in total. The Morgan fingerprint density at radius 2 is 2.32 bits per heavy atom. The third kappa shape index (κ3) is 2.18. The molecule has 0 radical (unpaired) electrons. The second kappa shape index (κ2) is 5.04. The molecule has 5 heteroatoms. The summed E-state index contributed by atoms with van der Waals surface area (Å²) in [6.07, 6.45) is 1.09. The lowest BCUT2D eigenvalue weighted by Crippen LogP contribution is -2.55. The summed E-state index contributed by atoms with van der Waals surface area (Å²) in [7, 11) is 1.72. The van der Waals surface area contributed by atoms with Crippen molar-refractivity contribution >= 4 is 21.7 Å². The van der Waals surface area contributed by atoms with Gasteiger partial charge in [-0.2, -0.15) is 0 Å². The van der Waals surface area contributed by atoms with Gasteiger partial charge in [-0.3, -0.25) is 0 Å². The molecule has 0 saturated carbocycles. The number of nitrogens with zero attached hydrogens (tertiary/aromatic N) is 2. The Hall–Kier alpha value is -0.650. The number of anilines is 1. The molecule has 1 unspecified atom stereocenters. The molecule has 1 aromatic heterocycles. The fourth-order valence-electron chi connectivity index (χ4n) is 3.12. The van der Waals surface area contributed by atoms with E-state index in [1.54, 1.807) is 7.11 Å². The largest absolute Gasteiger partial charge is 0.375 e. The molecule has 0 aromatic carbocycles. The summed E-state index contributed by atoms with van der Waals surface area (Å²) in [5.41, 5.74) is 2.34. The fourth-order valence-corrected chi connectivity index (χ4v) is 3.81. The van der Waals surface area contributed by atoms with Crippen LogP contribution in [0.4, 0.5) is 5.82 Å². The van der Waals surface area contributed by atoms with E-state index in [0.717, 1.165) is 35.5 Å². The van der Waals surface area contributed by atoms with Crippen molar-refractivity contribution in [2.75, 3.05) is 25.1 Å². The van der Waals surface area contributed by atoms with Crippen LogP contribution < -0.4 is 10.2 Å².